The van der Waals surface area contributed by atoms with Crippen molar-refractivity contribution >= 4 is 15.9 Å². The number of aryl methyl sites for hydroxylation is 1. The van der Waals surface area contributed by atoms with Gasteiger partial charge in [0.05, 0.1) is 29.0 Å². The molecule has 0 aliphatic rings. The average molecular weight is 351 g/mol. The van der Waals surface area contributed by atoms with Gasteiger partial charge in [-0.1, -0.05) is 29.8 Å². The van der Waals surface area contributed by atoms with Crippen LogP contribution >= 0.6 is 15.9 Å². The van der Waals surface area contributed by atoms with Crippen molar-refractivity contribution in [2.75, 3.05) is 27.7 Å². The number of hydrogen-bond donors (Lipinski definition) is 1. The molecule has 0 aliphatic carbocycles. The Hall–Kier alpha value is -1.17. The van der Waals surface area contributed by atoms with Gasteiger partial charge in [0.25, 0.3) is 0 Å². The minimum Gasteiger partial charge on any atom is -0.308 e. The lowest BCUT2D eigenvalue weighted by molar-refractivity contribution is 0.366. The molecule has 1 aromatic carbocycles. The Balaban J connectivity index is 2.33. The highest BCUT2D eigenvalue weighted by Crippen LogP contribution is 2.28. The van der Waals surface area contributed by atoms with Crippen LogP contribution in [0, 0.1) is 6.92 Å². The van der Waals surface area contributed by atoms with Gasteiger partial charge in [-0.15, -0.1) is 0 Å². The van der Waals surface area contributed by atoms with Gasteiger partial charge in [0.2, 0.25) is 0 Å². The van der Waals surface area contributed by atoms with Crippen LogP contribution in [0.25, 0.3) is 0 Å². The van der Waals surface area contributed by atoms with Crippen LogP contribution in [0.4, 0.5) is 0 Å². The highest BCUT2D eigenvalue weighted by molar-refractivity contribution is 9.10. The fourth-order valence-electron chi connectivity index (χ4n) is 2.35. The van der Waals surface area contributed by atoms with E-state index < -0.39 is 0 Å². The molecule has 4 nitrogen and oxygen atoms in total. The van der Waals surface area contributed by atoms with E-state index >= 15 is 0 Å². The topological polar surface area (TPSA) is 33.1 Å². The molecule has 1 unspecified atom stereocenters. The van der Waals surface area contributed by atoms with Gasteiger partial charge in [0.1, 0.15) is 0 Å². The van der Waals surface area contributed by atoms with E-state index in [2.05, 4.69) is 81.2 Å². The van der Waals surface area contributed by atoms with E-state index in [4.69, 9.17) is 0 Å². The largest absolute Gasteiger partial charge is 0.308 e. The van der Waals surface area contributed by atoms with Gasteiger partial charge >= 0.3 is 0 Å². The Labute approximate surface area is 135 Å². The summed E-state index contributed by atoms with van der Waals surface area (Å²) < 4.78 is 3.12. The molecule has 0 bridgehead atoms. The first-order valence-electron chi connectivity index (χ1n) is 7.12. The Morgan fingerprint density at radius 3 is 2.52 bits per heavy atom. The molecule has 1 aromatic heterocycles. The molecule has 0 aliphatic heterocycles. The summed E-state index contributed by atoms with van der Waals surface area (Å²) in [5.74, 6) is 0. The molecule has 0 fully saturated rings. The molecule has 21 heavy (non-hydrogen) atoms. The van der Waals surface area contributed by atoms with Crippen LogP contribution < -0.4 is 5.32 Å². The number of benzene rings is 1. The highest BCUT2D eigenvalue weighted by atomic mass is 79.9. The zero-order chi connectivity index (χ0) is 15.4. The second kappa shape index (κ2) is 7.20. The molecule has 0 saturated heterocycles. The van der Waals surface area contributed by atoms with Crippen molar-refractivity contribution in [3.63, 3.8) is 0 Å². The van der Waals surface area contributed by atoms with E-state index in [9.17, 15) is 0 Å². The number of nitrogens with one attached hydrogen (secondary N) is 1. The van der Waals surface area contributed by atoms with E-state index in [1.165, 1.54) is 16.8 Å². The van der Waals surface area contributed by atoms with E-state index in [1.807, 2.05) is 13.2 Å². The fourth-order valence-corrected chi connectivity index (χ4v) is 2.88. The van der Waals surface area contributed by atoms with Crippen LogP contribution in [0.3, 0.4) is 0 Å². The number of rotatable bonds is 6. The maximum atomic E-state index is 4.50. The Morgan fingerprint density at radius 2 is 1.95 bits per heavy atom. The molecular formula is C16H23BrN4. The smallest absolute Gasteiger partial charge is 0.0757 e. The maximum absolute atomic E-state index is 4.50. The Morgan fingerprint density at radius 1 is 1.29 bits per heavy atom. The summed E-state index contributed by atoms with van der Waals surface area (Å²) >= 11 is 3.64. The van der Waals surface area contributed by atoms with Gasteiger partial charge in [-0.2, -0.15) is 5.10 Å². The maximum Gasteiger partial charge on any atom is 0.0757 e. The molecule has 5 heteroatoms. The van der Waals surface area contributed by atoms with E-state index in [-0.39, 0.29) is 6.04 Å². The molecule has 0 spiro atoms. The molecule has 0 amide bonds. The predicted octanol–water partition coefficient (Wildman–Crippen LogP) is 2.82. The lowest BCUT2D eigenvalue weighted by Gasteiger charge is -2.20. The van der Waals surface area contributed by atoms with Gasteiger partial charge in [0.15, 0.2) is 0 Å². The first-order valence-corrected chi connectivity index (χ1v) is 7.92. The molecule has 114 valence electrons. The minimum absolute atomic E-state index is 0.129. The second-order valence-corrected chi connectivity index (χ2v) is 6.39. The molecule has 2 aromatic rings. The summed E-state index contributed by atoms with van der Waals surface area (Å²) in [7, 11) is 6.14. The molecular weight excluding hydrogens is 328 g/mol. The summed E-state index contributed by atoms with van der Waals surface area (Å²) in [6.07, 6.45) is 1.88. The van der Waals surface area contributed by atoms with Crippen LogP contribution in [-0.4, -0.2) is 42.4 Å². The molecule has 0 radical (unpaired) electrons. The van der Waals surface area contributed by atoms with Crippen LogP contribution in [-0.2, 0) is 6.54 Å². The number of nitrogens with zero attached hydrogens (tertiary/aromatic N) is 3. The summed E-state index contributed by atoms with van der Waals surface area (Å²) in [6.45, 7) is 3.94. The van der Waals surface area contributed by atoms with E-state index in [0.29, 0.717) is 0 Å². The van der Waals surface area contributed by atoms with Crippen molar-refractivity contribution in [1.82, 2.24) is 20.0 Å². The first kappa shape index (κ1) is 16.2. The van der Waals surface area contributed by atoms with Crippen molar-refractivity contribution in [3.8, 4) is 0 Å². The molecule has 1 N–H and O–H groups in total. The fraction of sp³-hybridized carbons (Fsp3) is 0.438. The summed E-state index contributed by atoms with van der Waals surface area (Å²) in [5, 5.41) is 7.91. The third-order valence-corrected chi connectivity index (χ3v) is 4.18. The summed E-state index contributed by atoms with van der Waals surface area (Å²) in [4.78, 5) is 2.17. The lowest BCUT2D eigenvalue weighted by Crippen LogP contribution is -2.25. The third kappa shape index (κ3) is 3.93. The number of halogens is 1. The van der Waals surface area contributed by atoms with E-state index in [0.717, 1.165) is 17.6 Å². The quantitative estimate of drug-likeness (QED) is 0.869. The SMILES string of the molecule is CNC(c1ccc(C)cc1)c1c(Br)cnn1CCN(C)C. The standard InChI is InChI=1S/C16H23BrN4/c1-12-5-7-13(8-6-12)15(18-2)16-14(17)11-19-21(16)10-9-20(3)4/h5-8,11,15,18H,9-10H2,1-4H3. The zero-order valence-electron chi connectivity index (χ0n) is 13.1. The van der Waals surface area contributed by atoms with Gasteiger partial charge < -0.3 is 10.2 Å². The number of aromatic nitrogens is 2. The molecule has 0 saturated carbocycles. The van der Waals surface area contributed by atoms with Crippen molar-refractivity contribution < 1.29 is 0 Å². The van der Waals surface area contributed by atoms with Gasteiger partial charge in [-0.3, -0.25) is 4.68 Å². The monoisotopic (exact) mass is 350 g/mol. The molecule has 1 heterocycles. The van der Waals surface area contributed by atoms with Crippen molar-refractivity contribution in [3.05, 3.63) is 51.8 Å². The van der Waals surface area contributed by atoms with Crippen LogP contribution in [0.15, 0.2) is 34.9 Å². The minimum atomic E-state index is 0.129. The van der Waals surface area contributed by atoms with Crippen LogP contribution in [0.2, 0.25) is 0 Å². The highest BCUT2D eigenvalue weighted by Gasteiger charge is 2.20. The van der Waals surface area contributed by atoms with Gasteiger partial charge in [-0.25, -0.2) is 0 Å². The normalized spacial score (nSPS) is 12.9. The lowest BCUT2D eigenvalue weighted by atomic mass is 10.0. The van der Waals surface area contributed by atoms with Crippen LogP contribution in [0.1, 0.15) is 22.9 Å². The number of hydrogen-bond acceptors (Lipinski definition) is 3. The van der Waals surface area contributed by atoms with E-state index in [1.54, 1.807) is 0 Å². The predicted molar refractivity (Wildman–Crippen MR) is 90.6 cm³/mol. The molecule has 2 rings (SSSR count). The van der Waals surface area contributed by atoms with Crippen molar-refractivity contribution in [1.29, 1.82) is 0 Å². The third-order valence-electron chi connectivity index (χ3n) is 3.57. The number of likely N-dealkylation sites (N-methyl/N-ethyl adjacent to an activating group) is 1. The summed E-state index contributed by atoms with van der Waals surface area (Å²) in [6, 6.07) is 8.77. The van der Waals surface area contributed by atoms with Gasteiger partial charge in [0, 0.05) is 6.54 Å². The first-order chi connectivity index (χ1) is 10.0. The Bertz CT molecular complexity index is 574. The van der Waals surface area contributed by atoms with Crippen LogP contribution in [0.5, 0.6) is 0 Å². The summed E-state index contributed by atoms with van der Waals surface area (Å²) in [5.41, 5.74) is 3.69. The average Bonchev–Trinajstić information content (AvgIpc) is 2.81. The van der Waals surface area contributed by atoms with Gasteiger partial charge in [-0.05, 0) is 49.6 Å². The van der Waals surface area contributed by atoms with Crippen molar-refractivity contribution in [2.45, 2.75) is 19.5 Å². The second-order valence-electron chi connectivity index (χ2n) is 5.54. The molecule has 1 atom stereocenters. The van der Waals surface area contributed by atoms with Crippen molar-refractivity contribution in [2.24, 2.45) is 0 Å². The zero-order valence-corrected chi connectivity index (χ0v) is 14.7. The Kier molecular flexibility index (Phi) is 5.56.